The molecule has 1 N–H and O–H groups in total. The topological polar surface area (TPSA) is 23.5 Å². The molecule has 2 heteroatoms. The van der Waals surface area contributed by atoms with E-state index in [2.05, 4.69) is 43.0 Å². The van der Waals surface area contributed by atoms with Crippen LogP contribution in [0.3, 0.4) is 0 Å². The molecule has 2 rings (SSSR count). The summed E-state index contributed by atoms with van der Waals surface area (Å²) in [5.41, 5.74) is 2.70. The molecule has 1 aromatic carbocycles. The fraction of sp³-hybridized carbons (Fsp3) is 0.571. The van der Waals surface area contributed by atoms with E-state index >= 15 is 0 Å². The molecule has 1 heterocycles. The Morgan fingerprint density at radius 1 is 1.44 bits per heavy atom. The van der Waals surface area contributed by atoms with E-state index in [9.17, 15) is 5.11 Å². The van der Waals surface area contributed by atoms with Crippen molar-refractivity contribution in [2.45, 2.75) is 32.9 Å². The summed E-state index contributed by atoms with van der Waals surface area (Å²) in [5, 5.41) is 9.68. The van der Waals surface area contributed by atoms with Crippen molar-refractivity contribution in [3.63, 3.8) is 0 Å². The zero-order chi connectivity index (χ0) is 11.5. The molecule has 2 atom stereocenters. The molecule has 0 amide bonds. The second-order valence-corrected chi connectivity index (χ2v) is 5.06. The largest absolute Gasteiger partial charge is 0.393 e. The Bertz CT molecular complexity index is 350. The molecular formula is C14H21NO. The summed E-state index contributed by atoms with van der Waals surface area (Å²) in [4.78, 5) is 2.44. The normalized spacial score (nSPS) is 26.9. The molecule has 1 aromatic rings. The van der Waals surface area contributed by atoms with Gasteiger partial charge in [-0.15, -0.1) is 0 Å². The van der Waals surface area contributed by atoms with Crippen molar-refractivity contribution in [2.24, 2.45) is 5.92 Å². The SMILES string of the molecule is Cc1cccc(CN2CC[C@@H](O)[C@H](C)C2)c1. The van der Waals surface area contributed by atoms with Gasteiger partial charge in [-0.05, 0) is 24.8 Å². The van der Waals surface area contributed by atoms with Crippen LogP contribution in [0.2, 0.25) is 0 Å². The standard InChI is InChI=1S/C14H21NO/c1-11-4-3-5-13(8-11)10-15-7-6-14(16)12(2)9-15/h3-5,8,12,14,16H,6-7,9-10H2,1-2H3/t12-,14-/m1/s1. The summed E-state index contributed by atoms with van der Waals surface area (Å²) >= 11 is 0. The molecule has 0 unspecified atom stereocenters. The van der Waals surface area contributed by atoms with Crippen LogP contribution in [-0.4, -0.2) is 29.2 Å². The van der Waals surface area contributed by atoms with Crippen molar-refractivity contribution < 1.29 is 5.11 Å². The number of hydrogen-bond acceptors (Lipinski definition) is 2. The lowest BCUT2D eigenvalue weighted by Gasteiger charge is -2.34. The quantitative estimate of drug-likeness (QED) is 0.824. The van der Waals surface area contributed by atoms with Gasteiger partial charge in [-0.3, -0.25) is 4.90 Å². The molecule has 0 saturated carbocycles. The molecule has 1 aliphatic rings. The maximum atomic E-state index is 9.68. The Balaban J connectivity index is 1.95. The Morgan fingerprint density at radius 2 is 2.25 bits per heavy atom. The number of hydrogen-bond donors (Lipinski definition) is 1. The summed E-state index contributed by atoms with van der Waals surface area (Å²) in [6, 6.07) is 8.68. The first kappa shape index (κ1) is 11.6. The highest BCUT2D eigenvalue weighted by Crippen LogP contribution is 2.18. The van der Waals surface area contributed by atoms with Crippen LogP contribution in [-0.2, 0) is 6.54 Å². The number of rotatable bonds is 2. The van der Waals surface area contributed by atoms with Crippen LogP contribution in [0.15, 0.2) is 24.3 Å². The summed E-state index contributed by atoms with van der Waals surface area (Å²) in [7, 11) is 0. The molecule has 16 heavy (non-hydrogen) atoms. The number of aryl methyl sites for hydroxylation is 1. The molecule has 0 bridgehead atoms. The molecule has 0 radical (unpaired) electrons. The van der Waals surface area contributed by atoms with Crippen LogP contribution >= 0.6 is 0 Å². The second kappa shape index (κ2) is 4.98. The fourth-order valence-corrected chi connectivity index (χ4v) is 2.43. The molecule has 0 aromatic heterocycles. The first-order valence-corrected chi connectivity index (χ1v) is 6.11. The molecule has 1 saturated heterocycles. The van der Waals surface area contributed by atoms with E-state index in [0.717, 1.165) is 26.1 Å². The minimum atomic E-state index is -0.103. The average molecular weight is 219 g/mol. The summed E-state index contributed by atoms with van der Waals surface area (Å²) in [6.45, 7) is 7.30. The highest BCUT2D eigenvalue weighted by molar-refractivity contribution is 5.22. The Kier molecular flexibility index (Phi) is 3.62. The zero-order valence-corrected chi connectivity index (χ0v) is 10.2. The fourth-order valence-electron chi connectivity index (χ4n) is 2.43. The maximum absolute atomic E-state index is 9.68. The third-order valence-electron chi connectivity index (χ3n) is 3.43. The molecule has 1 fully saturated rings. The van der Waals surface area contributed by atoms with Crippen LogP contribution in [0, 0.1) is 12.8 Å². The van der Waals surface area contributed by atoms with Gasteiger partial charge in [-0.1, -0.05) is 36.8 Å². The van der Waals surface area contributed by atoms with Crippen LogP contribution in [0.5, 0.6) is 0 Å². The van der Waals surface area contributed by atoms with E-state index < -0.39 is 0 Å². The lowest BCUT2D eigenvalue weighted by molar-refractivity contribution is 0.0320. The predicted octanol–water partition coefficient (Wildman–Crippen LogP) is 2.20. The summed E-state index contributed by atoms with van der Waals surface area (Å²) in [5.74, 6) is 0.401. The van der Waals surface area contributed by atoms with Crippen LogP contribution in [0.4, 0.5) is 0 Å². The molecule has 2 nitrogen and oxygen atoms in total. The van der Waals surface area contributed by atoms with Gasteiger partial charge in [0.15, 0.2) is 0 Å². The van der Waals surface area contributed by atoms with Gasteiger partial charge in [0, 0.05) is 19.6 Å². The van der Waals surface area contributed by atoms with E-state index in [1.165, 1.54) is 11.1 Å². The summed E-state index contributed by atoms with van der Waals surface area (Å²) in [6.07, 6.45) is 0.807. The Hall–Kier alpha value is -0.860. The molecule has 88 valence electrons. The van der Waals surface area contributed by atoms with Crippen molar-refractivity contribution in [3.05, 3.63) is 35.4 Å². The number of aliphatic hydroxyl groups is 1. The predicted molar refractivity (Wildman–Crippen MR) is 66.2 cm³/mol. The molecule has 0 spiro atoms. The highest BCUT2D eigenvalue weighted by atomic mass is 16.3. The van der Waals surface area contributed by atoms with Crippen LogP contribution in [0.25, 0.3) is 0 Å². The maximum Gasteiger partial charge on any atom is 0.0590 e. The van der Waals surface area contributed by atoms with Gasteiger partial charge in [0.2, 0.25) is 0 Å². The molecular weight excluding hydrogens is 198 g/mol. The lowest BCUT2D eigenvalue weighted by atomic mass is 9.96. The molecule has 1 aliphatic heterocycles. The number of aliphatic hydroxyl groups excluding tert-OH is 1. The van der Waals surface area contributed by atoms with Crippen LogP contribution in [0.1, 0.15) is 24.5 Å². The molecule has 0 aliphatic carbocycles. The number of piperidine rings is 1. The number of nitrogens with zero attached hydrogens (tertiary/aromatic N) is 1. The van der Waals surface area contributed by atoms with Crippen molar-refractivity contribution in [1.29, 1.82) is 0 Å². The minimum Gasteiger partial charge on any atom is -0.393 e. The Labute approximate surface area is 97.9 Å². The van der Waals surface area contributed by atoms with Crippen molar-refractivity contribution in [3.8, 4) is 0 Å². The number of benzene rings is 1. The monoisotopic (exact) mass is 219 g/mol. The number of likely N-dealkylation sites (tertiary alicyclic amines) is 1. The van der Waals surface area contributed by atoms with E-state index in [-0.39, 0.29) is 6.10 Å². The van der Waals surface area contributed by atoms with Gasteiger partial charge in [-0.2, -0.15) is 0 Å². The average Bonchev–Trinajstić information content (AvgIpc) is 2.24. The first-order valence-electron chi connectivity index (χ1n) is 6.11. The second-order valence-electron chi connectivity index (χ2n) is 5.06. The Morgan fingerprint density at radius 3 is 2.94 bits per heavy atom. The van der Waals surface area contributed by atoms with Crippen molar-refractivity contribution >= 4 is 0 Å². The van der Waals surface area contributed by atoms with Crippen molar-refractivity contribution in [1.82, 2.24) is 4.90 Å². The van der Waals surface area contributed by atoms with Gasteiger partial charge >= 0.3 is 0 Å². The van der Waals surface area contributed by atoms with Gasteiger partial charge in [0.1, 0.15) is 0 Å². The summed E-state index contributed by atoms with van der Waals surface area (Å²) < 4.78 is 0. The van der Waals surface area contributed by atoms with Crippen molar-refractivity contribution in [2.75, 3.05) is 13.1 Å². The van der Waals surface area contributed by atoms with E-state index in [4.69, 9.17) is 0 Å². The van der Waals surface area contributed by atoms with E-state index in [0.29, 0.717) is 5.92 Å². The van der Waals surface area contributed by atoms with E-state index in [1.807, 2.05) is 0 Å². The first-order chi connectivity index (χ1) is 7.65. The lowest BCUT2D eigenvalue weighted by Crippen LogP contribution is -2.41. The van der Waals surface area contributed by atoms with Gasteiger partial charge in [0.05, 0.1) is 6.10 Å². The van der Waals surface area contributed by atoms with E-state index in [1.54, 1.807) is 0 Å². The van der Waals surface area contributed by atoms with Gasteiger partial charge in [0.25, 0.3) is 0 Å². The van der Waals surface area contributed by atoms with Crippen LogP contribution < -0.4 is 0 Å². The zero-order valence-electron chi connectivity index (χ0n) is 10.2. The minimum absolute atomic E-state index is 0.103. The van der Waals surface area contributed by atoms with Gasteiger partial charge < -0.3 is 5.11 Å². The third kappa shape index (κ3) is 2.83. The highest BCUT2D eigenvalue weighted by Gasteiger charge is 2.23. The smallest absolute Gasteiger partial charge is 0.0590 e. The van der Waals surface area contributed by atoms with Gasteiger partial charge in [-0.25, -0.2) is 0 Å². The third-order valence-corrected chi connectivity index (χ3v) is 3.43.